The molecule has 1 amide bonds. The van der Waals surface area contributed by atoms with Crippen molar-refractivity contribution in [3.63, 3.8) is 0 Å². The van der Waals surface area contributed by atoms with Crippen LogP contribution >= 0.6 is 0 Å². The number of anilines is 2. The number of carbonyl (C=O) groups is 2. The standard InChI is InChI=1S/C32H40N6O6/c1-19-15-22(7-8-23(19)29(40)37-16-20(2)43-21(3)17-37)35-27-26-24(10-14-34-28(26)39)38(36-27)32(12-13-33)11-9-25(42-18-32)30(41)44-31(4,5)6/h7-8,10,14-15,20-21,25H,9,11-12,16-18H2,1-6H3,(H,34,39)(H,35,36). The molecule has 0 radical (unpaired) electrons. The van der Waals surface area contributed by atoms with E-state index in [0.717, 1.165) is 5.56 Å². The third-order valence-corrected chi connectivity index (χ3v) is 7.98. The van der Waals surface area contributed by atoms with Gasteiger partial charge in [-0.15, -0.1) is 0 Å². The van der Waals surface area contributed by atoms with Gasteiger partial charge >= 0.3 is 5.97 Å². The lowest BCUT2D eigenvalue weighted by Crippen LogP contribution is -2.48. The topological polar surface area (TPSA) is 152 Å². The molecule has 3 aromatic rings. The van der Waals surface area contributed by atoms with Gasteiger partial charge in [-0.3, -0.25) is 14.3 Å². The Morgan fingerprint density at radius 1 is 1.23 bits per heavy atom. The third kappa shape index (κ3) is 6.34. The van der Waals surface area contributed by atoms with Crippen molar-refractivity contribution in [2.24, 2.45) is 0 Å². The molecule has 0 bridgehead atoms. The van der Waals surface area contributed by atoms with Crippen LogP contribution in [0, 0.1) is 18.3 Å². The first kappa shape index (κ1) is 31.2. The number of amides is 1. The SMILES string of the molecule is Cc1cc(Nc2nn(C3(CC#N)CCC(C(=O)OC(C)(C)C)OC3)c3cc[nH]c(=O)c23)ccc1C(=O)N1CC(C)OC(C)C1. The van der Waals surface area contributed by atoms with E-state index in [0.29, 0.717) is 53.9 Å². The number of rotatable bonds is 6. The summed E-state index contributed by atoms with van der Waals surface area (Å²) in [6.07, 6.45) is 1.53. The number of pyridine rings is 1. The minimum atomic E-state index is -0.905. The van der Waals surface area contributed by atoms with Crippen molar-refractivity contribution in [2.45, 2.75) is 90.3 Å². The minimum Gasteiger partial charge on any atom is -0.458 e. The van der Waals surface area contributed by atoms with Gasteiger partial charge in [-0.2, -0.15) is 10.4 Å². The Labute approximate surface area is 256 Å². The first-order valence-corrected chi connectivity index (χ1v) is 14.9. The summed E-state index contributed by atoms with van der Waals surface area (Å²) in [5.41, 5.74) is 0.659. The van der Waals surface area contributed by atoms with Crippen LogP contribution in [0.2, 0.25) is 0 Å². The zero-order valence-electron chi connectivity index (χ0n) is 26.1. The molecule has 2 N–H and O–H groups in total. The highest BCUT2D eigenvalue weighted by atomic mass is 16.6. The van der Waals surface area contributed by atoms with Crippen molar-refractivity contribution in [1.82, 2.24) is 19.7 Å². The van der Waals surface area contributed by atoms with Crippen LogP contribution in [0.1, 0.15) is 69.8 Å². The summed E-state index contributed by atoms with van der Waals surface area (Å²) in [6.45, 7) is 12.3. The van der Waals surface area contributed by atoms with Gasteiger partial charge in [-0.05, 0) is 84.2 Å². The Hall–Kier alpha value is -4.21. The lowest BCUT2D eigenvalue weighted by atomic mass is 9.87. The molecule has 234 valence electrons. The van der Waals surface area contributed by atoms with Crippen molar-refractivity contribution in [3.05, 3.63) is 51.9 Å². The highest BCUT2D eigenvalue weighted by Crippen LogP contribution is 2.37. The van der Waals surface area contributed by atoms with Crippen LogP contribution in [-0.4, -0.2) is 75.2 Å². The van der Waals surface area contributed by atoms with Crippen LogP contribution in [0.25, 0.3) is 10.9 Å². The average molecular weight is 605 g/mol. The maximum Gasteiger partial charge on any atom is 0.335 e. The molecule has 4 heterocycles. The molecule has 4 atom stereocenters. The summed E-state index contributed by atoms with van der Waals surface area (Å²) in [4.78, 5) is 43.6. The van der Waals surface area contributed by atoms with E-state index in [1.807, 2.05) is 31.7 Å². The smallest absolute Gasteiger partial charge is 0.335 e. The van der Waals surface area contributed by atoms with Crippen LogP contribution in [-0.2, 0) is 24.5 Å². The number of H-pyrrole nitrogens is 1. The molecule has 0 spiro atoms. The van der Waals surface area contributed by atoms with E-state index in [-0.39, 0.29) is 36.7 Å². The van der Waals surface area contributed by atoms with Crippen molar-refractivity contribution < 1.29 is 23.8 Å². The fourth-order valence-corrected chi connectivity index (χ4v) is 6.05. The summed E-state index contributed by atoms with van der Waals surface area (Å²) in [6, 6.07) is 9.40. The van der Waals surface area contributed by atoms with Crippen LogP contribution in [0.3, 0.4) is 0 Å². The normalized spacial score (nSPS) is 24.1. The van der Waals surface area contributed by atoms with E-state index in [4.69, 9.17) is 19.3 Å². The highest BCUT2D eigenvalue weighted by Gasteiger charge is 2.43. The molecule has 2 aromatic heterocycles. The minimum absolute atomic E-state index is 0.0347. The fraction of sp³-hybridized carbons (Fsp3) is 0.531. The Kier molecular flexibility index (Phi) is 8.55. The summed E-state index contributed by atoms with van der Waals surface area (Å²) in [5, 5.41) is 18.2. The lowest BCUT2D eigenvalue weighted by molar-refractivity contribution is -0.176. The van der Waals surface area contributed by atoms with E-state index >= 15 is 0 Å². The number of fused-ring (bicyclic) bond motifs is 1. The Morgan fingerprint density at radius 2 is 1.95 bits per heavy atom. The van der Waals surface area contributed by atoms with E-state index < -0.39 is 23.2 Å². The summed E-state index contributed by atoms with van der Waals surface area (Å²) < 4.78 is 19.0. The zero-order valence-corrected chi connectivity index (χ0v) is 26.1. The number of hydrogen-bond acceptors (Lipinski definition) is 9. The van der Waals surface area contributed by atoms with Gasteiger partial charge in [-0.25, -0.2) is 4.79 Å². The van der Waals surface area contributed by atoms with E-state index in [1.54, 1.807) is 43.7 Å². The zero-order chi connectivity index (χ0) is 31.8. The van der Waals surface area contributed by atoms with Gasteiger partial charge in [0.05, 0.1) is 42.4 Å². The quantitative estimate of drug-likeness (QED) is 0.395. The van der Waals surface area contributed by atoms with Crippen molar-refractivity contribution in [2.75, 3.05) is 25.0 Å². The first-order chi connectivity index (χ1) is 20.8. The second-order valence-electron chi connectivity index (χ2n) is 12.9. The lowest BCUT2D eigenvalue weighted by Gasteiger charge is -2.39. The predicted molar refractivity (Wildman–Crippen MR) is 164 cm³/mol. The number of hydrogen-bond donors (Lipinski definition) is 2. The Morgan fingerprint density at radius 3 is 2.57 bits per heavy atom. The number of benzene rings is 1. The molecule has 2 saturated heterocycles. The van der Waals surface area contributed by atoms with Crippen LogP contribution in [0.15, 0.2) is 35.3 Å². The number of nitrogens with zero attached hydrogens (tertiary/aromatic N) is 4. The molecule has 0 saturated carbocycles. The maximum atomic E-state index is 13.3. The first-order valence-electron chi connectivity index (χ1n) is 14.9. The summed E-state index contributed by atoms with van der Waals surface area (Å²) >= 11 is 0. The number of carbonyl (C=O) groups excluding carboxylic acids is 2. The monoisotopic (exact) mass is 604 g/mol. The molecule has 12 nitrogen and oxygen atoms in total. The Balaban J connectivity index is 1.43. The number of aryl methyl sites for hydroxylation is 1. The van der Waals surface area contributed by atoms with Crippen molar-refractivity contribution in [1.29, 1.82) is 5.26 Å². The molecule has 4 unspecified atom stereocenters. The van der Waals surface area contributed by atoms with Gasteiger partial charge < -0.3 is 29.4 Å². The van der Waals surface area contributed by atoms with Gasteiger partial charge in [0.15, 0.2) is 11.9 Å². The predicted octanol–water partition coefficient (Wildman–Crippen LogP) is 4.16. The molecular weight excluding hydrogens is 564 g/mol. The van der Waals surface area contributed by atoms with Crippen molar-refractivity contribution >= 4 is 34.3 Å². The second-order valence-corrected chi connectivity index (χ2v) is 12.9. The summed E-state index contributed by atoms with van der Waals surface area (Å²) in [5.74, 6) is -0.187. The largest absolute Gasteiger partial charge is 0.458 e. The molecule has 0 aliphatic carbocycles. The van der Waals surface area contributed by atoms with Crippen molar-refractivity contribution in [3.8, 4) is 6.07 Å². The number of nitriles is 1. The summed E-state index contributed by atoms with van der Waals surface area (Å²) in [7, 11) is 0. The average Bonchev–Trinajstić information content (AvgIpc) is 3.32. The number of esters is 1. The van der Waals surface area contributed by atoms with Crippen LogP contribution in [0.5, 0.6) is 0 Å². The second kappa shape index (κ2) is 12.1. The molecule has 1 aromatic carbocycles. The maximum absolute atomic E-state index is 13.3. The molecule has 2 aliphatic rings. The van der Waals surface area contributed by atoms with Crippen LogP contribution in [0.4, 0.5) is 11.5 Å². The number of nitrogens with one attached hydrogen (secondary N) is 2. The van der Waals surface area contributed by atoms with Gasteiger partial charge in [-0.1, -0.05) is 0 Å². The van der Waals surface area contributed by atoms with Gasteiger partial charge in [0.2, 0.25) is 0 Å². The molecule has 44 heavy (non-hydrogen) atoms. The number of ether oxygens (including phenoxy) is 3. The molecule has 12 heteroatoms. The number of aromatic nitrogens is 3. The Bertz CT molecular complexity index is 1650. The van der Waals surface area contributed by atoms with Gasteiger partial charge in [0, 0.05) is 30.5 Å². The molecular formula is C32H40N6O6. The molecule has 5 rings (SSSR count). The molecule has 2 aliphatic heterocycles. The van der Waals surface area contributed by atoms with E-state index in [2.05, 4.69) is 16.4 Å². The van der Waals surface area contributed by atoms with E-state index in [1.165, 1.54) is 6.20 Å². The van der Waals surface area contributed by atoms with Crippen LogP contribution < -0.4 is 10.9 Å². The van der Waals surface area contributed by atoms with E-state index in [9.17, 15) is 19.6 Å². The third-order valence-electron chi connectivity index (χ3n) is 7.98. The van der Waals surface area contributed by atoms with Gasteiger partial charge in [0.1, 0.15) is 11.0 Å². The number of aromatic amines is 1. The highest BCUT2D eigenvalue weighted by molar-refractivity contribution is 5.97. The number of morpholine rings is 1. The fourth-order valence-electron chi connectivity index (χ4n) is 6.05. The van der Waals surface area contributed by atoms with Gasteiger partial charge in [0.25, 0.3) is 11.5 Å². The molecule has 2 fully saturated rings.